The van der Waals surface area contributed by atoms with E-state index in [1.165, 1.54) is 13.2 Å². The van der Waals surface area contributed by atoms with E-state index in [2.05, 4.69) is 6.92 Å². The first kappa shape index (κ1) is 28.9. The molecule has 210 valence electrons. The highest BCUT2D eigenvalue weighted by molar-refractivity contribution is 6.05. The van der Waals surface area contributed by atoms with Crippen molar-refractivity contribution in [2.75, 3.05) is 7.11 Å². The lowest BCUT2D eigenvalue weighted by atomic mass is 9.42. The maximum atomic E-state index is 14.1. The molecule has 2 fully saturated rings. The standard InChI is InChI=1S/C31H44O7/c1-16(11-18(32)12-17(2)27(37)38-8)19-13-24(36)31(7)26-20(33)14-22-28(3,4)23(35)9-10-29(22,5)25(26)21(34)15-30(19,31)6/h11,17,19-20,22-23,33,35H,9-10,12-15H2,1-8H3/b16-11-/t17?,19?,20-,22?,23-,29-,30+,31-/m0/s1. The number of ether oxygens (including phenoxy) is 1. The Morgan fingerprint density at radius 2 is 1.76 bits per heavy atom. The van der Waals surface area contributed by atoms with Crippen LogP contribution in [0.3, 0.4) is 0 Å². The van der Waals surface area contributed by atoms with Crippen molar-refractivity contribution in [3.05, 3.63) is 22.8 Å². The fourth-order valence-corrected chi connectivity index (χ4v) is 8.89. The van der Waals surface area contributed by atoms with Crippen molar-refractivity contribution < 1.29 is 34.1 Å². The zero-order chi connectivity index (χ0) is 28.6. The highest BCUT2D eigenvalue weighted by Crippen LogP contribution is 2.70. The molecule has 0 saturated heterocycles. The van der Waals surface area contributed by atoms with Gasteiger partial charge in [0.25, 0.3) is 0 Å². The number of allylic oxidation sites excluding steroid dienone is 3. The molecule has 3 unspecified atom stereocenters. The van der Waals surface area contributed by atoms with Gasteiger partial charge in [-0.2, -0.15) is 0 Å². The summed E-state index contributed by atoms with van der Waals surface area (Å²) in [5, 5.41) is 22.4. The maximum Gasteiger partial charge on any atom is 0.308 e. The van der Waals surface area contributed by atoms with Gasteiger partial charge in [0.15, 0.2) is 11.6 Å². The highest BCUT2D eigenvalue weighted by atomic mass is 16.5. The van der Waals surface area contributed by atoms with Crippen LogP contribution in [0, 0.1) is 39.4 Å². The Morgan fingerprint density at radius 3 is 2.37 bits per heavy atom. The van der Waals surface area contributed by atoms with Crippen molar-refractivity contribution in [3.8, 4) is 0 Å². The van der Waals surface area contributed by atoms with Gasteiger partial charge in [-0.1, -0.05) is 40.2 Å². The van der Waals surface area contributed by atoms with Gasteiger partial charge in [-0.3, -0.25) is 19.2 Å². The number of hydrogen-bond acceptors (Lipinski definition) is 7. The summed E-state index contributed by atoms with van der Waals surface area (Å²) < 4.78 is 4.73. The van der Waals surface area contributed by atoms with E-state index in [0.717, 1.165) is 5.57 Å². The largest absolute Gasteiger partial charge is 0.469 e. The Morgan fingerprint density at radius 1 is 1.13 bits per heavy atom. The number of Topliss-reactive ketones (excluding diaryl/α,β-unsaturated/α-hetero) is 2. The number of ketones is 3. The second-order valence-electron chi connectivity index (χ2n) is 13.7. The van der Waals surface area contributed by atoms with E-state index in [-0.39, 0.29) is 48.4 Å². The van der Waals surface area contributed by atoms with E-state index in [4.69, 9.17) is 4.74 Å². The van der Waals surface area contributed by atoms with Crippen molar-refractivity contribution in [1.82, 2.24) is 0 Å². The minimum absolute atomic E-state index is 0.00693. The SMILES string of the molecule is COC(=O)C(C)CC(=O)/C=C(/C)C1CC(=O)[C@@]2(C)C3=C(C(=O)C[C@]12C)[C@@]1(C)CC[C@H](O)C(C)(C)C1C[C@@H]3O. The average molecular weight is 529 g/mol. The lowest BCUT2D eigenvalue weighted by Crippen LogP contribution is -2.60. The molecule has 2 saturated carbocycles. The number of esters is 1. The molecule has 0 radical (unpaired) electrons. The van der Waals surface area contributed by atoms with Crippen LogP contribution >= 0.6 is 0 Å². The molecule has 0 aromatic carbocycles. The summed E-state index contributed by atoms with van der Waals surface area (Å²) in [5.41, 5.74) is -0.915. The van der Waals surface area contributed by atoms with Crippen LogP contribution in [0.15, 0.2) is 22.8 Å². The van der Waals surface area contributed by atoms with Crippen LogP contribution in [0.25, 0.3) is 0 Å². The van der Waals surface area contributed by atoms with Crippen LogP contribution in [0.1, 0.15) is 87.0 Å². The van der Waals surface area contributed by atoms with Gasteiger partial charge in [-0.15, -0.1) is 0 Å². The molecule has 0 bridgehead atoms. The summed E-state index contributed by atoms with van der Waals surface area (Å²) in [4.78, 5) is 52.6. The Hall–Kier alpha value is -2.12. The van der Waals surface area contributed by atoms with Crippen LogP contribution in [0.4, 0.5) is 0 Å². The van der Waals surface area contributed by atoms with Crippen LogP contribution in [-0.2, 0) is 23.9 Å². The molecule has 0 heterocycles. The van der Waals surface area contributed by atoms with E-state index in [1.54, 1.807) is 6.92 Å². The van der Waals surface area contributed by atoms with Gasteiger partial charge in [-0.25, -0.2) is 0 Å². The van der Waals surface area contributed by atoms with Crippen molar-refractivity contribution in [2.24, 2.45) is 39.4 Å². The summed E-state index contributed by atoms with van der Waals surface area (Å²) in [6, 6.07) is 0. The predicted octanol–water partition coefficient (Wildman–Crippen LogP) is 4.14. The first-order valence-electron chi connectivity index (χ1n) is 13.9. The maximum absolute atomic E-state index is 14.1. The molecule has 2 N–H and O–H groups in total. The summed E-state index contributed by atoms with van der Waals surface area (Å²) in [6.45, 7) is 13.4. The minimum Gasteiger partial charge on any atom is -0.469 e. The van der Waals surface area contributed by atoms with E-state index >= 15 is 0 Å². The smallest absolute Gasteiger partial charge is 0.308 e. The molecule has 0 aromatic heterocycles. The quantitative estimate of drug-likeness (QED) is 0.407. The third-order valence-electron chi connectivity index (χ3n) is 11.3. The zero-order valence-corrected chi connectivity index (χ0v) is 24.1. The lowest BCUT2D eigenvalue weighted by molar-refractivity contribution is -0.146. The Bertz CT molecular complexity index is 1140. The fourth-order valence-electron chi connectivity index (χ4n) is 8.89. The second-order valence-corrected chi connectivity index (χ2v) is 13.7. The van der Waals surface area contributed by atoms with E-state index in [1.807, 2.05) is 34.6 Å². The first-order chi connectivity index (χ1) is 17.5. The predicted molar refractivity (Wildman–Crippen MR) is 142 cm³/mol. The van der Waals surface area contributed by atoms with Crippen molar-refractivity contribution >= 4 is 23.3 Å². The molecule has 0 aromatic rings. The molecule has 4 aliphatic carbocycles. The van der Waals surface area contributed by atoms with Gasteiger partial charge in [0.05, 0.1) is 30.7 Å². The third-order valence-corrected chi connectivity index (χ3v) is 11.3. The Kier molecular flexibility index (Phi) is 7.01. The second kappa shape index (κ2) is 9.22. The molecule has 0 amide bonds. The van der Waals surface area contributed by atoms with Gasteiger partial charge in [0.1, 0.15) is 5.78 Å². The van der Waals surface area contributed by atoms with E-state index in [0.29, 0.717) is 30.4 Å². The number of rotatable bonds is 5. The number of carbonyl (C=O) groups is 4. The van der Waals surface area contributed by atoms with Gasteiger partial charge in [-0.05, 0) is 72.8 Å². The molecule has 8 atom stereocenters. The Labute approximate surface area is 226 Å². The highest BCUT2D eigenvalue weighted by Gasteiger charge is 2.69. The third kappa shape index (κ3) is 3.82. The number of methoxy groups -OCH3 is 1. The molecule has 7 heteroatoms. The molecule has 4 rings (SSSR count). The van der Waals surface area contributed by atoms with Crippen LogP contribution < -0.4 is 0 Å². The molecular formula is C31H44O7. The first-order valence-corrected chi connectivity index (χ1v) is 13.9. The fraction of sp³-hybridized carbons (Fsp3) is 0.742. The van der Waals surface area contributed by atoms with Gasteiger partial charge in [0.2, 0.25) is 0 Å². The summed E-state index contributed by atoms with van der Waals surface area (Å²) in [7, 11) is 1.29. The van der Waals surface area contributed by atoms with E-state index in [9.17, 15) is 29.4 Å². The molecule has 38 heavy (non-hydrogen) atoms. The molecule has 4 aliphatic rings. The average Bonchev–Trinajstić information content (AvgIpc) is 3.03. The number of aliphatic hydroxyl groups excluding tert-OH is 2. The molecular weight excluding hydrogens is 484 g/mol. The Balaban J connectivity index is 1.77. The monoisotopic (exact) mass is 528 g/mol. The topological polar surface area (TPSA) is 118 Å². The van der Waals surface area contributed by atoms with Crippen LogP contribution in [-0.4, -0.2) is 52.8 Å². The number of aliphatic hydroxyl groups is 2. The zero-order valence-electron chi connectivity index (χ0n) is 24.1. The van der Waals surface area contributed by atoms with Gasteiger partial charge >= 0.3 is 5.97 Å². The van der Waals surface area contributed by atoms with Gasteiger partial charge in [0, 0.05) is 24.8 Å². The van der Waals surface area contributed by atoms with E-state index < -0.39 is 45.8 Å². The number of fused-ring (bicyclic) bond motifs is 4. The van der Waals surface area contributed by atoms with Crippen LogP contribution in [0.2, 0.25) is 0 Å². The summed E-state index contributed by atoms with van der Waals surface area (Å²) >= 11 is 0. The summed E-state index contributed by atoms with van der Waals surface area (Å²) in [5.74, 6) is -1.71. The van der Waals surface area contributed by atoms with Gasteiger partial charge < -0.3 is 14.9 Å². The summed E-state index contributed by atoms with van der Waals surface area (Å²) in [6.07, 6.45) is 2.01. The van der Waals surface area contributed by atoms with Crippen LogP contribution in [0.5, 0.6) is 0 Å². The molecule has 0 aliphatic heterocycles. The van der Waals surface area contributed by atoms with Crippen molar-refractivity contribution in [1.29, 1.82) is 0 Å². The number of carbonyl (C=O) groups excluding carboxylic acids is 4. The normalized spacial score (nSPS) is 41.3. The van der Waals surface area contributed by atoms with Crippen molar-refractivity contribution in [3.63, 3.8) is 0 Å². The number of hydrogen-bond donors (Lipinski definition) is 2. The minimum atomic E-state index is -1.04. The molecule has 7 nitrogen and oxygen atoms in total. The molecule has 0 spiro atoms. The lowest BCUT2D eigenvalue weighted by Gasteiger charge is -2.61. The van der Waals surface area contributed by atoms with Crippen molar-refractivity contribution in [2.45, 2.75) is 99.2 Å².